The molecule has 0 radical (unpaired) electrons. The van der Waals surface area contributed by atoms with Gasteiger partial charge in [-0.1, -0.05) is 6.92 Å². The molecule has 1 aromatic rings. The number of nitrogens with zero attached hydrogens (tertiary/aromatic N) is 2. The second-order valence-electron chi connectivity index (χ2n) is 4.99. The predicted octanol–water partition coefficient (Wildman–Crippen LogP) is 3.04. The largest absolute Gasteiger partial charge is 0.432 e. The summed E-state index contributed by atoms with van der Waals surface area (Å²) in [6, 6.07) is 0.708. The van der Waals surface area contributed by atoms with Gasteiger partial charge in [0.1, 0.15) is 6.26 Å². The zero-order valence-electron chi connectivity index (χ0n) is 9.46. The van der Waals surface area contributed by atoms with Crippen molar-refractivity contribution in [2.24, 2.45) is 5.92 Å². The van der Waals surface area contributed by atoms with E-state index in [1.807, 2.05) is 0 Å². The Morgan fingerprint density at radius 1 is 1.67 bits per heavy atom. The lowest BCUT2D eigenvalue weighted by atomic mass is 9.98. The van der Waals surface area contributed by atoms with E-state index >= 15 is 0 Å². The number of rotatable bonds is 2. The molecule has 0 saturated carbocycles. The number of alkyl halides is 1. The van der Waals surface area contributed by atoms with Gasteiger partial charge in [0.2, 0.25) is 0 Å². The summed E-state index contributed by atoms with van der Waals surface area (Å²) in [5, 5.41) is 0. The summed E-state index contributed by atoms with van der Waals surface area (Å²) in [5.74, 6) is 1.10. The fourth-order valence-corrected chi connectivity index (χ4v) is 2.53. The minimum absolute atomic E-state index is 0.133. The van der Waals surface area contributed by atoms with E-state index in [0.717, 1.165) is 12.2 Å². The van der Waals surface area contributed by atoms with Gasteiger partial charge in [-0.3, -0.25) is 0 Å². The fraction of sp³-hybridized carbons (Fsp3) is 0.727. The maximum atomic E-state index is 5.71. The Hall–Kier alpha value is -0.700. The molecule has 0 N–H and O–H groups in total. The van der Waals surface area contributed by atoms with Crippen LogP contribution in [0.15, 0.2) is 10.7 Å². The molecule has 1 saturated heterocycles. The van der Waals surface area contributed by atoms with Crippen molar-refractivity contribution in [3.63, 3.8) is 0 Å². The minimum atomic E-state index is 0.133. The van der Waals surface area contributed by atoms with Crippen LogP contribution in [0.4, 0.5) is 6.01 Å². The van der Waals surface area contributed by atoms with Gasteiger partial charge in [-0.25, -0.2) is 0 Å². The molecular weight excluding hydrogens is 212 g/mol. The molecule has 1 unspecified atom stereocenters. The van der Waals surface area contributed by atoms with Gasteiger partial charge in [0, 0.05) is 12.1 Å². The summed E-state index contributed by atoms with van der Waals surface area (Å²) < 4.78 is 5.45. The summed E-state index contributed by atoms with van der Waals surface area (Å²) in [6.07, 6.45) is 2.81. The molecule has 15 heavy (non-hydrogen) atoms. The minimum Gasteiger partial charge on any atom is -0.432 e. The topological polar surface area (TPSA) is 29.3 Å². The van der Waals surface area contributed by atoms with Crippen LogP contribution in [0, 0.1) is 5.92 Å². The standard InChI is InChI=1S/C11H17ClN2O/c1-8-4-11(2,3)14(6-8)10-13-9(5-12)7-15-10/h7-8H,4-6H2,1-3H3. The van der Waals surface area contributed by atoms with Crippen molar-refractivity contribution >= 4 is 17.6 Å². The first-order valence-corrected chi connectivity index (χ1v) is 5.84. The number of anilines is 1. The highest BCUT2D eigenvalue weighted by molar-refractivity contribution is 6.16. The lowest BCUT2D eigenvalue weighted by Crippen LogP contribution is -2.38. The average Bonchev–Trinajstić information content (AvgIpc) is 2.69. The number of halogens is 1. The lowest BCUT2D eigenvalue weighted by Gasteiger charge is -2.29. The van der Waals surface area contributed by atoms with E-state index in [2.05, 4.69) is 30.7 Å². The van der Waals surface area contributed by atoms with Crippen molar-refractivity contribution in [1.29, 1.82) is 0 Å². The Kier molecular flexibility index (Phi) is 2.67. The van der Waals surface area contributed by atoms with Gasteiger partial charge < -0.3 is 9.32 Å². The first-order chi connectivity index (χ1) is 7.03. The Balaban J connectivity index is 2.23. The Morgan fingerprint density at radius 2 is 2.40 bits per heavy atom. The van der Waals surface area contributed by atoms with Gasteiger partial charge in [0.25, 0.3) is 6.01 Å². The first-order valence-electron chi connectivity index (χ1n) is 5.31. The monoisotopic (exact) mass is 228 g/mol. The molecule has 1 fully saturated rings. The molecular formula is C11H17ClN2O. The van der Waals surface area contributed by atoms with E-state index in [1.165, 1.54) is 6.42 Å². The first kappa shape index (κ1) is 10.8. The third kappa shape index (κ3) is 1.98. The lowest BCUT2D eigenvalue weighted by molar-refractivity contribution is 0.450. The Labute approximate surface area is 95.4 Å². The van der Waals surface area contributed by atoms with Crippen LogP contribution in [-0.4, -0.2) is 17.1 Å². The van der Waals surface area contributed by atoms with Crippen molar-refractivity contribution in [1.82, 2.24) is 4.98 Å². The van der Waals surface area contributed by atoms with E-state index in [4.69, 9.17) is 16.0 Å². The number of hydrogen-bond acceptors (Lipinski definition) is 3. The van der Waals surface area contributed by atoms with Gasteiger partial charge >= 0.3 is 0 Å². The van der Waals surface area contributed by atoms with E-state index in [1.54, 1.807) is 6.26 Å². The summed E-state index contributed by atoms with van der Waals surface area (Å²) in [7, 11) is 0. The van der Waals surface area contributed by atoms with Gasteiger partial charge in [-0.15, -0.1) is 11.6 Å². The predicted molar refractivity (Wildman–Crippen MR) is 61.3 cm³/mol. The van der Waals surface area contributed by atoms with E-state index in [0.29, 0.717) is 17.8 Å². The SMILES string of the molecule is CC1CN(c2nc(CCl)co2)C(C)(C)C1. The number of hydrogen-bond donors (Lipinski definition) is 0. The molecule has 1 aliphatic heterocycles. The van der Waals surface area contributed by atoms with Crippen molar-refractivity contribution in [2.45, 2.75) is 38.6 Å². The highest BCUT2D eigenvalue weighted by Gasteiger charge is 2.38. The van der Waals surface area contributed by atoms with Crippen LogP contribution in [0.25, 0.3) is 0 Å². The van der Waals surface area contributed by atoms with Crippen LogP contribution in [-0.2, 0) is 5.88 Å². The molecule has 0 spiro atoms. The quantitative estimate of drug-likeness (QED) is 0.729. The fourth-order valence-electron chi connectivity index (χ4n) is 2.40. The molecule has 0 aliphatic carbocycles. The van der Waals surface area contributed by atoms with Crippen molar-refractivity contribution < 1.29 is 4.42 Å². The van der Waals surface area contributed by atoms with E-state index in [-0.39, 0.29) is 5.54 Å². The molecule has 1 aromatic heterocycles. The second-order valence-corrected chi connectivity index (χ2v) is 5.25. The van der Waals surface area contributed by atoms with E-state index < -0.39 is 0 Å². The van der Waals surface area contributed by atoms with Crippen molar-refractivity contribution in [2.75, 3.05) is 11.4 Å². The number of oxazole rings is 1. The van der Waals surface area contributed by atoms with Crippen LogP contribution >= 0.6 is 11.6 Å². The highest BCUT2D eigenvalue weighted by atomic mass is 35.5. The van der Waals surface area contributed by atoms with Crippen molar-refractivity contribution in [3.05, 3.63) is 12.0 Å². The average molecular weight is 229 g/mol. The van der Waals surface area contributed by atoms with E-state index in [9.17, 15) is 0 Å². The zero-order valence-corrected chi connectivity index (χ0v) is 10.2. The zero-order chi connectivity index (χ0) is 11.1. The summed E-state index contributed by atoms with van der Waals surface area (Å²) in [5.41, 5.74) is 0.940. The molecule has 84 valence electrons. The van der Waals surface area contributed by atoms with Gasteiger partial charge in [-0.05, 0) is 26.2 Å². The number of aromatic nitrogens is 1. The van der Waals surface area contributed by atoms with Crippen LogP contribution in [0.3, 0.4) is 0 Å². The highest BCUT2D eigenvalue weighted by Crippen LogP contribution is 2.35. The van der Waals surface area contributed by atoms with Gasteiger partial charge in [0.05, 0.1) is 11.6 Å². The van der Waals surface area contributed by atoms with Gasteiger partial charge in [0.15, 0.2) is 0 Å². The third-order valence-electron chi connectivity index (χ3n) is 2.98. The molecule has 3 nitrogen and oxygen atoms in total. The third-order valence-corrected chi connectivity index (χ3v) is 3.25. The maximum absolute atomic E-state index is 5.71. The Bertz CT molecular complexity index is 348. The van der Waals surface area contributed by atoms with Crippen LogP contribution in [0.5, 0.6) is 0 Å². The van der Waals surface area contributed by atoms with Gasteiger partial charge in [-0.2, -0.15) is 4.98 Å². The molecule has 2 heterocycles. The van der Waals surface area contributed by atoms with Crippen LogP contribution in [0.2, 0.25) is 0 Å². The molecule has 2 rings (SSSR count). The van der Waals surface area contributed by atoms with Crippen LogP contribution < -0.4 is 4.90 Å². The normalized spacial score (nSPS) is 24.8. The second kappa shape index (κ2) is 3.71. The summed E-state index contributed by atoms with van der Waals surface area (Å²) in [6.45, 7) is 7.71. The molecule has 0 aromatic carbocycles. The maximum Gasteiger partial charge on any atom is 0.297 e. The van der Waals surface area contributed by atoms with Crippen molar-refractivity contribution in [3.8, 4) is 0 Å². The van der Waals surface area contributed by atoms with Crippen LogP contribution in [0.1, 0.15) is 32.9 Å². The molecule has 1 atom stereocenters. The molecule has 0 amide bonds. The smallest absolute Gasteiger partial charge is 0.297 e. The molecule has 4 heteroatoms. The Morgan fingerprint density at radius 3 is 2.87 bits per heavy atom. The summed E-state index contributed by atoms with van der Waals surface area (Å²) >= 11 is 5.71. The summed E-state index contributed by atoms with van der Waals surface area (Å²) in [4.78, 5) is 6.60. The molecule has 0 bridgehead atoms. The molecule has 1 aliphatic rings.